The van der Waals surface area contributed by atoms with E-state index in [-0.39, 0.29) is 5.54 Å². The second-order valence-corrected chi connectivity index (χ2v) is 5.02. The third kappa shape index (κ3) is 2.10. The van der Waals surface area contributed by atoms with Crippen molar-refractivity contribution in [2.45, 2.75) is 32.4 Å². The maximum atomic E-state index is 6.06. The number of hydrogen-bond acceptors (Lipinski definition) is 2. The van der Waals surface area contributed by atoms with Crippen molar-refractivity contribution in [3.05, 3.63) is 35.5 Å². The topological polar surface area (TPSA) is 67.8 Å². The van der Waals surface area contributed by atoms with Gasteiger partial charge < -0.3 is 16.5 Å². The van der Waals surface area contributed by atoms with Crippen LogP contribution in [0.2, 0.25) is 0 Å². The summed E-state index contributed by atoms with van der Waals surface area (Å²) < 4.78 is 0. The summed E-state index contributed by atoms with van der Waals surface area (Å²) in [5.74, 6) is 0. The van der Waals surface area contributed by atoms with Gasteiger partial charge in [-0.2, -0.15) is 0 Å². The molecule has 0 saturated heterocycles. The standard InChI is InChI=1S/C13H19N3/c1-13(2,15)6-10-8-16-11-5-3-4-9(7-14)12(10)11/h3-5,8,16H,6-7,14-15H2,1-2H3. The molecule has 86 valence electrons. The highest BCUT2D eigenvalue weighted by molar-refractivity contribution is 5.86. The normalized spacial score (nSPS) is 12.2. The highest BCUT2D eigenvalue weighted by Gasteiger charge is 2.15. The van der Waals surface area contributed by atoms with Crippen LogP contribution in [0.5, 0.6) is 0 Å². The molecule has 0 spiro atoms. The number of hydrogen-bond donors (Lipinski definition) is 3. The molecule has 1 heterocycles. The summed E-state index contributed by atoms with van der Waals surface area (Å²) in [5, 5.41) is 1.24. The van der Waals surface area contributed by atoms with Crippen LogP contribution in [0.1, 0.15) is 25.0 Å². The molecule has 0 bridgehead atoms. The molecule has 1 aromatic carbocycles. The summed E-state index contributed by atoms with van der Waals surface area (Å²) in [4.78, 5) is 3.27. The average molecular weight is 217 g/mol. The van der Waals surface area contributed by atoms with Gasteiger partial charge in [-0.05, 0) is 37.5 Å². The van der Waals surface area contributed by atoms with Crippen LogP contribution in [-0.4, -0.2) is 10.5 Å². The van der Waals surface area contributed by atoms with E-state index in [0.717, 1.165) is 11.9 Å². The van der Waals surface area contributed by atoms with Crippen LogP contribution in [-0.2, 0) is 13.0 Å². The number of fused-ring (bicyclic) bond motifs is 1. The molecule has 2 rings (SSSR count). The van der Waals surface area contributed by atoms with Crippen molar-refractivity contribution in [1.82, 2.24) is 4.98 Å². The molecule has 3 nitrogen and oxygen atoms in total. The molecule has 3 heteroatoms. The molecule has 0 amide bonds. The fourth-order valence-electron chi connectivity index (χ4n) is 2.14. The first-order valence-corrected chi connectivity index (χ1v) is 5.58. The molecular formula is C13H19N3. The molecule has 0 unspecified atom stereocenters. The fourth-order valence-corrected chi connectivity index (χ4v) is 2.14. The van der Waals surface area contributed by atoms with E-state index in [4.69, 9.17) is 11.5 Å². The van der Waals surface area contributed by atoms with Gasteiger partial charge in [-0.1, -0.05) is 12.1 Å². The Labute approximate surface area is 95.8 Å². The Morgan fingerprint density at radius 1 is 1.25 bits per heavy atom. The van der Waals surface area contributed by atoms with Gasteiger partial charge in [0.1, 0.15) is 0 Å². The van der Waals surface area contributed by atoms with E-state index in [9.17, 15) is 0 Å². The van der Waals surface area contributed by atoms with Crippen molar-refractivity contribution in [2.24, 2.45) is 11.5 Å². The Morgan fingerprint density at radius 2 is 2.00 bits per heavy atom. The minimum Gasteiger partial charge on any atom is -0.361 e. The Kier molecular flexibility index (Phi) is 2.74. The first kappa shape index (κ1) is 11.2. The molecule has 0 saturated carbocycles. The van der Waals surface area contributed by atoms with Crippen LogP contribution in [0.3, 0.4) is 0 Å². The minimum atomic E-state index is -0.198. The van der Waals surface area contributed by atoms with Crippen molar-refractivity contribution in [3.8, 4) is 0 Å². The first-order chi connectivity index (χ1) is 7.51. The minimum absolute atomic E-state index is 0.198. The third-order valence-corrected chi connectivity index (χ3v) is 2.74. The van der Waals surface area contributed by atoms with Crippen LogP contribution in [0.4, 0.5) is 0 Å². The van der Waals surface area contributed by atoms with Gasteiger partial charge in [0.2, 0.25) is 0 Å². The van der Waals surface area contributed by atoms with Gasteiger partial charge in [0, 0.05) is 29.2 Å². The van der Waals surface area contributed by atoms with E-state index in [1.807, 2.05) is 26.1 Å². The van der Waals surface area contributed by atoms with Crippen molar-refractivity contribution >= 4 is 10.9 Å². The van der Waals surface area contributed by atoms with Gasteiger partial charge in [0.15, 0.2) is 0 Å². The Hall–Kier alpha value is -1.32. The van der Waals surface area contributed by atoms with E-state index >= 15 is 0 Å². The second-order valence-electron chi connectivity index (χ2n) is 5.02. The predicted molar refractivity (Wildman–Crippen MR) is 68.2 cm³/mol. The molecule has 0 fully saturated rings. The van der Waals surface area contributed by atoms with Crippen LogP contribution in [0, 0.1) is 0 Å². The lowest BCUT2D eigenvalue weighted by molar-refractivity contribution is 0.518. The summed E-state index contributed by atoms with van der Waals surface area (Å²) in [6.07, 6.45) is 2.89. The maximum absolute atomic E-state index is 6.06. The van der Waals surface area contributed by atoms with Gasteiger partial charge in [-0.25, -0.2) is 0 Å². The molecule has 0 aliphatic carbocycles. The Balaban J connectivity index is 2.54. The molecule has 0 radical (unpaired) electrons. The van der Waals surface area contributed by atoms with Crippen LogP contribution < -0.4 is 11.5 Å². The number of aromatic amines is 1. The fraction of sp³-hybridized carbons (Fsp3) is 0.385. The summed E-state index contributed by atoms with van der Waals surface area (Å²) >= 11 is 0. The smallest absolute Gasteiger partial charge is 0.0460 e. The zero-order valence-electron chi connectivity index (χ0n) is 9.88. The summed E-state index contributed by atoms with van der Waals surface area (Å²) in [6, 6.07) is 6.17. The SMILES string of the molecule is CC(C)(N)Cc1c[nH]c2cccc(CN)c12. The number of benzene rings is 1. The molecule has 0 atom stereocenters. The number of rotatable bonds is 3. The van der Waals surface area contributed by atoms with E-state index in [2.05, 4.69) is 17.1 Å². The number of nitrogens with two attached hydrogens (primary N) is 2. The van der Waals surface area contributed by atoms with Gasteiger partial charge in [0.05, 0.1) is 0 Å². The van der Waals surface area contributed by atoms with Crippen LogP contribution >= 0.6 is 0 Å². The number of aromatic nitrogens is 1. The van der Waals surface area contributed by atoms with Gasteiger partial charge in [0.25, 0.3) is 0 Å². The van der Waals surface area contributed by atoms with Gasteiger partial charge in [-0.3, -0.25) is 0 Å². The highest BCUT2D eigenvalue weighted by Crippen LogP contribution is 2.25. The monoisotopic (exact) mass is 217 g/mol. The summed E-state index contributed by atoms with van der Waals surface area (Å²) in [7, 11) is 0. The van der Waals surface area contributed by atoms with E-state index in [1.54, 1.807) is 0 Å². The molecule has 16 heavy (non-hydrogen) atoms. The van der Waals surface area contributed by atoms with Gasteiger partial charge in [-0.15, -0.1) is 0 Å². The lowest BCUT2D eigenvalue weighted by atomic mass is 9.94. The zero-order chi connectivity index (χ0) is 11.8. The zero-order valence-corrected chi connectivity index (χ0v) is 9.88. The lowest BCUT2D eigenvalue weighted by Gasteiger charge is -2.18. The molecule has 1 aromatic heterocycles. The number of nitrogens with one attached hydrogen (secondary N) is 1. The van der Waals surface area contributed by atoms with Crippen LogP contribution in [0.25, 0.3) is 10.9 Å². The van der Waals surface area contributed by atoms with Crippen LogP contribution in [0.15, 0.2) is 24.4 Å². The largest absolute Gasteiger partial charge is 0.361 e. The summed E-state index contributed by atoms with van der Waals surface area (Å²) in [5.41, 5.74) is 15.2. The first-order valence-electron chi connectivity index (χ1n) is 5.58. The lowest BCUT2D eigenvalue weighted by Crippen LogP contribution is -2.34. The van der Waals surface area contributed by atoms with Crippen molar-refractivity contribution < 1.29 is 0 Å². The Bertz CT molecular complexity index is 491. The quantitative estimate of drug-likeness (QED) is 0.735. The molecular weight excluding hydrogens is 198 g/mol. The predicted octanol–water partition coefficient (Wildman–Crippen LogP) is 1.91. The molecule has 0 aliphatic rings. The van der Waals surface area contributed by atoms with Gasteiger partial charge >= 0.3 is 0 Å². The van der Waals surface area contributed by atoms with E-state index < -0.39 is 0 Å². The molecule has 2 aromatic rings. The average Bonchev–Trinajstić information content (AvgIpc) is 2.59. The van der Waals surface area contributed by atoms with Crippen molar-refractivity contribution in [2.75, 3.05) is 0 Å². The third-order valence-electron chi connectivity index (χ3n) is 2.74. The molecule has 0 aliphatic heterocycles. The second kappa shape index (κ2) is 3.92. The Morgan fingerprint density at radius 3 is 2.62 bits per heavy atom. The van der Waals surface area contributed by atoms with Crippen molar-refractivity contribution in [3.63, 3.8) is 0 Å². The highest BCUT2D eigenvalue weighted by atomic mass is 14.7. The molecule has 5 N–H and O–H groups in total. The van der Waals surface area contributed by atoms with E-state index in [0.29, 0.717) is 6.54 Å². The number of H-pyrrole nitrogens is 1. The van der Waals surface area contributed by atoms with E-state index in [1.165, 1.54) is 16.5 Å². The maximum Gasteiger partial charge on any atom is 0.0460 e. The van der Waals surface area contributed by atoms with Crippen molar-refractivity contribution in [1.29, 1.82) is 0 Å². The summed E-state index contributed by atoms with van der Waals surface area (Å²) in [6.45, 7) is 4.64.